The summed E-state index contributed by atoms with van der Waals surface area (Å²) in [6.07, 6.45) is 0. The molecule has 110 valence electrons. The summed E-state index contributed by atoms with van der Waals surface area (Å²) in [5.74, 6) is 0. The summed E-state index contributed by atoms with van der Waals surface area (Å²) >= 11 is 7.90. The lowest BCUT2D eigenvalue weighted by atomic mass is 10.1. The van der Waals surface area contributed by atoms with Crippen LogP contribution in [0.15, 0.2) is 61.5 Å². The fourth-order valence-corrected chi connectivity index (χ4v) is 4.14. The third-order valence-electron chi connectivity index (χ3n) is 3.76. The van der Waals surface area contributed by atoms with Gasteiger partial charge in [-0.05, 0) is 25.1 Å². The first-order valence-electron chi connectivity index (χ1n) is 6.99. The summed E-state index contributed by atoms with van der Waals surface area (Å²) < 4.78 is 5.31. The Kier molecular flexibility index (Phi) is 3.17. The maximum Gasteiger partial charge on any atom is 0.337 e. The number of halogens is 1. The second-order valence-electron chi connectivity index (χ2n) is 5.04. The van der Waals surface area contributed by atoms with Crippen molar-refractivity contribution < 1.29 is 4.42 Å². The average Bonchev–Trinajstić information content (AvgIpc) is 2.51. The number of fused-ring (bicyclic) bond motifs is 3. The number of hydrogen-bond acceptors (Lipinski definition) is 4. The minimum absolute atomic E-state index is 0.427. The number of hydrogen-bond donors (Lipinski definition) is 0. The second kappa shape index (κ2) is 5.07. The van der Waals surface area contributed by atoms with Crippen molar-refractivity contribution in [2.75, 3.05) is 11.4 Å². The molecule has 0 spiro atoms. The predicted octanol–water partition coefficient (Wildman–Crippen LogP) is 5.07. The molecule has 0 atom stereocenters. The van der Waals surface area contributed by atoms with Crippen LogP contribution in [0.25, 0.3) is 11.0 Å². The van der Waals surface area contributed by atoms with Crippen LogP contribution in [0.5, 0.6) is 0 Å². The standard InChI is InChI=1S/C17H12ClNO2S/c1-2-19-12-5-3-4-6-15(12)22-16-7-10-11(18)8-17(20)21-14(10)9-13(16)19/h3-9H,2H2,1H3. The van der Waals surface area contributed by atoms with Gasteiger partial charge in [0.25, 0.3) is 0 Å². The molecule has 0 aliphatic carbocycles. The lowest BCUT2D eigenvalue weighted by Gasteiger charge is -2.32. The maximum absolute atomic E-state index is 11.6. The van der Waals surface area contributed by atoms with Crippen LogP contribution >= 0.6 is 23.4 Å². The molecule has 0 N–H and O–H groups in total. The molecule has 1 aliphatic rings. The minimum atomic E-state index is -0.427. The van der Waals surface area contributed by atoms with Gasteiger partial charge in [-0.2, -0.15) is 0 Å². The van der Waals surface area contributed by atoms with Crippen LogP contribution in [-0.2, 0) is 0 Å². The van der Waals surface area contributed by atoms with Crippen molar-refractivity contribution in [3.05, 3.63) is 57.9 Å². The summed E-state index contributed by atoms with van der Waals surface area (Å²) in [6.45, 7) is 2.94. The van der Waals surface area contributed by atoms with Gasteiger partial charge in [0.1, 0.15) is 5.58 Å². The maximum atomic E-state index is 11.6. The predicted molar refractivity (Wildman–Crippen MR) is 90.7 cm³/mol. The van der Waals surface area contributed by atoms with E-state index in [4.69, 9.17) is 16.0 Å². The van der Waals surface area contributed by atoms with Crippen LogP contribution in [0.3, 0.4) is 0 Å². The molecule has 0 amide bonds. The first kappa shape index (κ1) is 13.7. The average molecular weight is 330 g/mol. The molecule has 2 aromatic carbocycles. The Bertz CT molecular complexity index is 951. The molecule has 1 aliphatic heterocycles. The van der Waals surface area contributed by atoms with E-state index in [2.05, 4.69) is 24.0 Å². The number of para-hydroxylation sites is 1. The summed E-state index contributed by atoms with van der Waals surface area (Å²) in [5.41, 5.74) is 2.31. The van der Waals surface area contributed by atoms with Gasteiger partial charge in [-0.25, -0.2) is 4.79 Å². The quantitative estimate of drug-likeness (QED) is 0.584. The molecule has 0 saturated carbocycles. The normalized spacial score (nSPS) is 13.1. The van der Waals surface area contributed by atoms with Gasteiger partial charge < -0.3 is 9.32 Å². The van der Waals surface area contributed by atoms with Gasteiger partial charge in [0, 0.05) is 33.9 Å². The minimum Gasteiger partial charge on any atom is -0.423 e. The molecule has 4 rings (SSSR count). The summed E-state index contributed by atoms with van der Waals surface area (Å²) in [5, 5.41) is 1.19. The Morgan fingerprint density at radius 2 is 1.95 bits per heavy atom. The van der Waals surface area contributed by atoms with E-state index in [1.807, 2.05) is 24.3 Å². The van der Waals surface area contributed by atoms with Gasteiger partial charge in [0.2, 0.25) is 0 Å². The van der Waals surface area contributed by atoms with Crippen molar-refractivity contribution in [1.82, 2.24) is 0 Å². The number of benzene rings is 2. The molecule has 3 nitrogen and oxygen atoms in total. The van der Waals surface area contributed by atoms with Crippen LogP contribution in [-0.4, -0.2) is 6.54 Å². The van der Waals surface area contributed by atoms with Crippen molar-refractivity contribution in [3.63, 3.8) is 0 Å². The fourth-order valence-electron chi connectivity index (χ4n) is 2.79. The molecular weight excluding hydrogens is 318 g/mol. The SMILES string of the molecule is CCN1c2ccccc2Sc2cc3c(Cl)cc(=O)oc3cc21. The third-order valence-corrected chi connectivity index (χ3v) is 5.18. The van der Waals surface area contributed by atoms with Crippen molar-refractivity contribution >= 4 is 45.7 Å². The van der Waals surface area contributed by atoms with E-state index in [0.717, 1.165) is 22.5 Å². The molecule has 0 radical (unpaired) electrons. The fraction of sp³-hybridized carbons (Fsp3) is 0.118. The Morgan fingerprint density at radius 1 is 1.14 bits per heavy atom. The van der Waals surface area contributed by atoms with E-state index < -0.39 is 5.63 Å². The van der Waals surface area contributed by atoms with Crippen LogP contribution < -0.4 is 10.5 Å². The van der Waals surface area contributed by atoms with Gasteiger partial charge in [0.15, 0.2) is 0 Å². The smallest absolute Gasteiger partial charge is 0.337 e. The van der Waals surface area contributed by atoms with Gasteiger partial charge in [-0.3, -0.25) is 0 Å². The van der Waals surface area contributed by atoms with E-state index >= 15 is 0 Å². The Labute approximate surface area is 136 Å². The van der Waals surface area contributed by atoms with Gasteiger partial charge in [0.05, 0.1) is 16.4 Å². The van der Waals surface area contributed by atoms with Crippen molar-refractivity contribution in [2.24, 2.45) is 0 Å². The number of nitrogens with zero attached hydrogens (tertiary/aromatic N) is 1. The van der Waals surface area contributed by atoms with Crippen molar-refractivity contribution in [3.8, 4) is 0 Å². The molecule has 5 heteroatoms. The van der Waals surface area contributed by atoms with E-state index in [1.54, 1.807) is 11.8 Å². The monoisotopic (exact) mass is 329 g/mol. The van der Waals surface area contributed by atoms with E-state index in [-0.39, 0.29) is 0 Å². The number of anilines is 2. The topological polar surface area (TPSA) is 33.5 Å². The molecule has 0 fully saturated rings. The lowest BCUT2D eigenvalue weighted by molar-refractivity contribution is 0.561. The summed E-state index contributed by atoms with van der Waals surface area (Å²) in [6, 6.07) is 13.5. The Morgan fingerprint density at radius 3 is 2.77 bits per heavy atom. The number of rotatable bonds is 1. The highest BCUT2D eigenvalue weighted by atomic mass is 35.5. The van der Waals surface area contributed by atoms with Crippen molar-refractivity contribution in [2.45, 2.75) is 16.7 Å². The molecular formula is C17H12ClNO2S. The largest absolute Gasteiger partial charge is 0.423 e. The molecule has 2 heterocycles. The molecule has 22 heavy (non-hydrogen) atoms. The Balaban J connectivity index is 2.01. The highest BCUT2D eigenvalue weighted by Gasteiger charge is 2.23. The zero-order valence-corrected chi connectivity index (χ0v) is 13.4. The van der Waals surface area contributed by atoms with Crippen LogP contribution in [0.2, 0.25) is 5.02 Å². The second-order valence-corrected chi connectivity index (χ2v) is 6.53. The molecule has 3 aromatic rings. The van der Waals surface area contributed by atoms with Crippen LogP contribution in [0.4, 0.5) is 11.4 Å². The summed E-state index contributed by atoms with van der Waals surface area (Å²) in [7, 11) is 0. The zero-order valence-electron chi connectivity index (χ0n) is 11.8. The highest BCUT2D eigenvalue weighted by Crippen LogP contribution is 2.49. The molecule has 1 aromatic heterocycles. The van der Waals surface area contributed by atoms with E-state index in [1.165, 1.54) is 16.6 Å². The third kappa shape index (κ3) is 2.02. The van der Waals surface area contributed by atoms with Crippen LogP contribution in [0, 0.1) is 0 Å². The molecule has 0 bridgehead atoms. The van der Waals surface area contributed by atoms with Gasteiger partial charge in [-0.1, -0.05) is 35.5 Å². The van der Waals surface area contributed by atoms with Gasteiger partial charge >= 0.3 is 5.63 Å². The zero-order chi connectivity index (χ0) is 15.3. The first-order chi connectivity index (χ1) is 10.7. The van der Waals surface area contributed by atoms with E-state index in [9.17, 15) is 4.79 Å². The molecule has 0 saturated heterocycles. The van der Waals surface area contributed by atoms with Gasteiger partial charge in [-0.15, -0.1) is 0 Å². The molecule has 0 unspecified atom stereocenters. The highest BCUT2D eigenvalue weighted by molar-refractivity contribution is 7.99. The summed E-state index contributed by atoms with van der Waals surface area (Å²) in [4.78, 5) is 16.1. The first-order valence-corrected chi connectivity index (χ1v) is 8.18. The Hall–Kier alpha value is -1.91. The lowest BCUT2D eigenvalue weighted by Crippen LogP contribution is -2.20. The van der Waals surface area contributed by atoms with E-state index in [0.29, 0.717) is 10.6 Å². The van der Waals surface area contributed by atoms with Crippen LogP contribution in [0.1, 0.15) is 6.92 Å². The van der Waals surface area contributed by atoms with Crippen molar-refractivity contribution in [1.29, 1.82) is 0 Å².